The summed E-state index contributed by atoms with van der Waals surface area (Å²) >= 11 is 1.52. The monoisotopic (exact) mass is 253 g/mol. The molecule has 0 spiro atoms. The molecule has 0 amide bonds. The molecular weight excluding hydrogens is 238 g/mol. The van der Waals surface area contributed by atoms with E-state index < -0.39 is 6.04 Å². The number of nitro groups is 1. The van der Waals surface area contributed by atoms with Crippen molar-refractivity contribution in [3.8, 4) is 0 Å². The molecule has 1 saturated carbocycles. The standard InChI is InChI=1S/C12H15NO3S/c14-12-6-2-1-5-10(12)11(13(15)16)8-9-4-3-7-17-9/h3-4,7,10-11H,1-2,5-6,8H2/t10-,11-/m0/s1. The fraction of sp³-hybridized carbons (Fsp3) is 0.583. The van der Waals surface area contributed by atoms with Gasteiger partial charge in [0, 0.05) is 16.2 Å². The van der Waals surface area contributed by atoms with Crippen molar-refractivity contribution < 1.29 is 9.72 Å². The minimum atomic E-state index is -0.735. The van der Waals surface area contributed by atoms with Crippen LogP contribution in [0, 0.1) is 16.0 Å². The van der Waals surface area contributed by atoms with E-state index in [0.29, 0.717) is 19.3 Å². The minimum absolute atomic E-state index is 0.0782. The maximum absolute atomic E-state index is 11.8. The summed E-state index contributed by atoms with van der Waals surface area (Å²) in [6.07, 6.45) is 3.40. The Hall–Kier alpha value is -1.23. The fourth-order valence-corrected chi connectivity index (χ4v) is 3.17. The number of carbonyl (C=O) groups excluding carboxylic acids is 1. The average molecular weight is 253 g/mol. The summed E-state index contributed by atoms with van der Waals surface area (Å²) in [6, 6.07) is 3.05. The van der Waals surface area contributed by atoms with E-state index in [2.05, 4.69) is 0 Å². The van der Waals surface area contributed by atoms with Crippen LogP contribution >= 0.6 is 11.3 Å². The van der Waals surface area contributed by atoms with Gasteiger partial charge in [-0.3, -0.25) is 14.9 Å². The third-order valence-electron chi connectivity index (χ3n) is 3.33. The number of carbonyl (C=O) groups is 1. The molecule has 1 aliphatic rings. The molecule has 0 aromatic carbocycles. The second-order valence-electron chi connectivity index (χ2n) is 4.45. The Bertz CT molecular complexity index is 402. The molecule has 2 atom stereocenters. The summed E-state index contributed by atoms with van der Waals surface area (Å²) in [6.45, 7) is 0. The van der Waals surface area contributed by atoms with Gasteiger partial charge >= 0.3 is 0 Å². The van der Waals surface area contributed by atoms with Crippen molar-refractivity contribution in [2.75, 3.05) is 0 Å². The molecule has 0 N–H and O–H groups in total. The van der Waals surface area contributed by atoms with Crippen LogP contribution in [-0.2, 0) is 11.2 Å². The molecule has 1 aromatic heterocycles. The van der Waals surface area contributed by atoms with Gasteiger partial charge in [-0.1, -0.05) is 12.5 Å². The van der Waals surface area contributed by atoms with E-state index in [1.54, 1.807) is 0 Å². The maximum Gasteiger partial charge on any atom is 0.227 e. The Balaban J connectivity index is 2.11. The Morgan fingerprint density at radius 2 is 2.35 bits per heavy atom. The number of thiophene rings is 1. The van der Waals surface area contributed by atoms with Gasteiger partial charge in [0.05, 0.1) is 12.3 Å². The molecule has 0 radical (unpaired) electrons. The van der Waals surface area contributed by atoms with Crippen molar-refractivity contribution in [3.05, 3.63) is 32.5 Å². The molecule has 1 aromatic rings. The number of ketones is 1. The third-order valence-corrected chi connectivity index (χ3v) is 4.23. The third kappa shape index (κ3) is 2.91. The van der Waals surface area contributed by atoms with Crippen LogP contribution in [0.2, 0.25) is 0 Å². The second-order valence-corrected chi connectivity index (χ2v) is 5.49. The van der Waals surface area contributed by atoms with Crippen LogP contribution < -0.4 is 0 Å². The highest BCUT2D eigenvalue weighted by atomic mass is 32.1. The summed E-state index contributed by atoms with van der Waals surface area (Å²) in [5, 5.41) is 13.0. The van der Waals surface area contributed by atoms with Crippen LogP contribution in [0.3, 0.4) is 0 Å². The van der Waals surface area contributed by atoms with Crippen molar-refractivity contribution in [2.45, 2.75) is 38.1 Å². The van der Waals surface area contributed by atoms with Crippen LogP contribution in [0.1, 0.15) is 30.6 Å². The topological polar surface area (TPSA) is 60.2 Å². The second kappa shape index (κ2) is 5.40. The van der Waals surface area contributed by atoms with Gasteiger partial charge in [0.25, 0.3) is 0 Å². The van der Waals surface area contributed by atoms with Crippen LogP contribution in [0.5, 0.6) is 0 Å². The minimum Gasteiger partial charge on any atom is -0.299 e. The molecule has 0 saturated heterocycles. The summed E-state index contributed by atoms with van der Waals surface area (Å²) < 4.78 is 0. The molecule has 0 bridgehead atoms. The zero-order chi connectivity index (χ0) is 12.3. The van der Waals surface area contributed by atoms with Crippen molar-refractivity contribution in [1.82, 2.24) is 0 Å². The Morgan fingerprint density at radius 1 is 1.53 bits per heavy atom. The van der Waals surface area contributed by atoms with Crippen molar-refractivity contribution >= 4 is 17.1 Å². The van der Waals surface area contributed by atoms with Gasteiger partial charge in [0.2, 0.25) is 6.04 Å². The molecule has 92 valence electrons. The lowest BCUT2D eigenvalue weighted by atomic mass is 9.81. The smallest absolute Gasteiger partial charge is 0.227 e. The van der Waals surface area contributed by atoms with Gasteiger partial charge in [0.1, 0.15) is 5.78 Å². The van der Waals surface area contributed by atoms with E-state index in [9.17, 15) is 14.9 Å². The molecule has 1 heterocycles. The predicted molar refractivity (Wildman–Crippen MR) is 65.8 cm³/mol. The zero-order valence-electron chi connectivity index (χ0n) is 9.50. The average Bonchev–Trinajstić information content (AvgIpc) is 2.79. The molecule has 0 unspecified atom stereocenters. The maximum atomic E-state index is 11.8. The Labute approximate surface area is 104 Å². The first-order valence-corrected chi connectivity index (χ1v) is 6.75. The molecule has 5 heteroatoms. The van der Waals surface area contributed by atoms with E-state index in [4.69, 9.17) is 0 Å². The first-order chi connectivity index (χ1) is 8.18. The van der Waals surface area contributed by atoms with E-state index in [1.807, 2.05) is 17.5 Å². The summed E-state index contributed by atoms with van der Waals surface area (Å²) in [7, 11) is 0. The van der Waals surface area contributed by atoms with E-state index in [-0.39, 0.29) is 16.6 Å². The van der Waals surface area contributed by atoms with Gasteiger partial charge < -0.3 is 0 Å². The Kier molecular flexibility index (Phi) is 3.89. The van der Waals surface area contributed by atoms with Gasteiger partial charge in [-0.2, -0.15) is 0 Å². The summed E-state index contributed by atoms with van der Waals surface area (Å²) in [5.41, 5.74) is 0. The fourth-order valence-electron chi connectivity index (χ4n) is 2.42. The highest BCUT2D eigenvalue weighted by Crippen LogP contribution is 2.27. The number of hydrogen-bond acceptors (Lipinski definition) is 4. The molecule has 1 fully saturated rings. The lowest BCUT2D eigenvalue weighted by Gasteiger charge is -2.23. The summed E-state index contributed by atoms with van der Waals surface area (Å²) in [5.74, 6) is -0.296. The predicted octanol–water partition coefficient (Wildman–Crippen LogP) is 2.70. The van der Waals surface area contributed by atoms with Crippen molar-refractivity contribution in [3.63, 3.8) is 0 Å². The van der Waals surface area contributed by atoms with E-state index >= 15 is 0 Å². The zero-order valence-corrected chi connectivity index (χ0v) is 10.3. The van der Waals surface area contributed by atoms with Gasteiger partial charge in [-0.25, -0.2) is 0 Å². The molecular formula is C12H15NO3S. The van der Waals surface area contributed by atoms with E-state index in [0.717, 1.165) is 17.7 Å². The number of rotatable bonds is 4. The SMILES string of the molecule is O=C1CCCC[C@H]1[C@H](Cc1cccs1)[N+](=O)[O-]. The molecule has 4 nitrogen and oxygen atoms in total. The van der Waals surface area contributed by atoms with Crippen LogP contribution in [0.25, 0.3) is 0 Å². The largest absolute Gasteiger partial charge is 0.299 e. The van der Waals surface area contributed by atoms with Gasteiger partial charge in [-0.05, 0) is 24.3 Å². The number of hydrogen-bond donors (Lipinski definition) is 0. The summed E-state index contributed by atoms with van der Waals surface area (Å²) in [4.78, 5) is 23.6. The van der Waals surface area contributed by atoms with Crippen molar-refractivity contribution in [1.29, 1.82) is 0 Å². The number of nitrogens with zero attached hydrogens (tertiary/aromatic N) is 1. The lowest BCUT2D eigenvalue weighted by Crippen LogP contribution is -2.37. The van der Waals surface area contributed by atoms with Crippen LogP contribution in [0.15, 0.2) is 17.5 Å². The normalized spacial score (nSPS) is 22.4. The van der Waals surface area contributed by atoms with Gasteiger partial charge in [-0.15, -0.1) is 11.3 Å². The highest BCUT2D eigenvalue weighted by Gasteiger charge is 2.38. The lowest BCUT2D eigenvalue weighted by molar-refractivity contribution is -0.529. The molecule has 1 aliphatic carbocycles. The first kappa shape index (κ1) is 12.2. The first-order valence-electron chi connectivity index (χ1n) is 5.87. The number of Topliss-reactive ketones (excluding diaryl/α,β-unsaturated/α-hetero) is 1. The molecule has 17 heavy (non-hydrogen) atoms. The van der Waals surface area contributed by atoms with Gasteiger partial charge in [0.15, 0.2) is 0 Å². The Morgan fingerprint density at radius 3 is 2.94 bits per heavy atom. The quantitative estimate of drug-likeness (QED) is 0.612. The molecule has 0 aliphatic heterocycles. The molecule has 2 rings (SSSR count). The van der Waals surface area contributed by atoms with Crippen LogP contribution in [-0.4, -0.2) is 16.7 Å². The van der Waals surface area contributed by atoms with Crippen molar-refractivity contribution in [2.24, 2.45) is 5.92 Å². The highest BCUT2D eigenvalue weighted by molar-refractivity contribution is 7.09. The van der Waals surface area contributed by atoms with E-state index in [1.165, 1.54) is 11.3 Å². The van der Waals surface area contributed by atoms with Crippen LogP contribution in [0.4, 0.5) is 0 Å².